The van der Waals surface area contributed by atoms with Crippen molar-refractivity contribution in [2.45, 2.75) is 6.54 Å². The number of aromatic nitrogens is 1. The Labute approximate surface area is 210 Å². The highest BCUT2D eigenvalue weighted by molar-refractivity contribution is 8.18. The molecule has 3 aromatic carbocycles. The number of hydrogen-bond donors (Lipinski definition) is 0. The monoisotopic (exact) mass is 499 g/mol. The summed E-state index contributed by atoms with van der Waals surface area (Å²) in [6, 6.07) is 23.7. The summed E-state index contributed by atoms with van der Waals surface area (Å²) in [6.45, 7) is 0.852. The van der Waals surface area contributed by atoms with Crippen molar-refractivity contribution in [1.82, 2.24) is 9.47 Å². The Hall–Kier alpha value is -4.37. The topological polar surface area (TPSA) is 94.7 Å². The van der Waals surface area contributed by atoms with Crippen LogP contribution in [0.25, 0.3) is 17.0 Å². The summed E-state index contributed by atoms with van der Waals surface area (Å²) in [5, 5.41) is 11.4. The van der Waals surface area contributed by atoms with Gasteiger partial charge in [-0.1, -0.05) is 48.5 Å². The Balaban J connectivity index is 1.30. The summed E-state index contributed by atoms with van der Waals surface area (Å²) < 4.78 is 7.71. The van der Waals surface area contributed by atoms with Crippen molar-refractivity contribution >= 4 is 45.6 Å². The van der Waals surface area contributed by atoms with Crippen LogP contribution < -0.4 is 4.74 Å². The third-order valence-corrected chi connectivity index (χ3v) is 6.71. The van der Waals surface area contributed by atoms with Gasteiger partial charge in [-0.3, -0.25) is 24.6 Å². The van der Waals surface area contributed by atoms with Gasteiger partial charge in [-0.2, -0.15) is 0 Å². The molecular formula is C27H21N3O5S. The summed E-state index contributed by atoms with van der Waals surface area (Å²) >= 11 is 0.909. The molecule has 1 aromatic heterocycles. The first-order chi connectivity index (χ1) is 17.5. The maximum Gasteiger partial charge on any atom is 0.293 e. The van der Waals surface area contributed by atoms with E-state index in [4.69, 9.17) is 4.74 Å². The first kappa shape index (κ1) is 23.4. The number of imide groups is 1. The molecule has 1 fully saturated rings. The highest BCUT2D eigenvalue weighted by Gasteiger charge is 2.35. The molecular weight excluding hydrogens is 478 g/mol. The van der Waals surface area contributed by atoms with E-state index in [9.17, 15) is 19.7 Å². The van der Waals surface area contributed by atoms with E-state index < -0.39 is 4.92 Å². The van der Waals surface area contributed by atoms with Gasteiger partial charge >= 0.3 is 0 Å². The molecule has 2 heterocycles. The lowest BCUT2D eigenvalue weighted by atomic mass is 10.1. The van der Waals surface area contributed by atoms with E-state index in [0.717, 1.165) is 38.7 Å². The van der Waals surface area contributed by atoms with Crippen molar-refractivity contribution in [3.05, 3.63) is 111 Å². The van der Waals surface area contributed by atoms with E-state index >= 15 is 0 Å². The van der Waals surface area contributed by atoms with Gasteiger partial charge < -0.3 is 9.30 Å². The van der Waals surface area contributed by atoms with Gasteiger partial charge in [-0.15, -0.1) is 0 Å². The Morgan fingerprint density at radius 1 is 0.944 bits per heavy atom. The van der Waals surface area contributed by atoms with Crippen molar-refractivity contribution in [2.75, 3.05) is 13.2 Å². The van der Waals surface area contributed by atoms with Crippen LogP contribution >= 0.6 is 11.8 Å². The predicted octanol–water partition coefficient (Wildman–Crippen LogP) is 5.71. The van der Waals surface area contributed by atoms with Crippen LogP contribution in [0.5, 0.6) is 5.75 Å². The van der Waals surface area contributed by atoms with Gasteiger partial charge in [0.15, 0.2) is 0 Å². The number of benzene rings is 3. The lowest BCUT2D eigenvalue weighted by molar-refractivity contribution is -0.384. The van der Waals surface area contributed by atoms with Crippen LogP contribution in [-0.4, -0.2) is 38.7 Å². The van der Waals surface area contributed by atoms with Crippen LogP contribution in [0.2, 0.25) is 0 Å². The van der Waals surface area contributed by atoms with Crippen LogP contribution in [0.4, 0.5) is 10.5 Å². The second-order valence-electron chi connectivity index (χ2n) is 8.15. The van der Waals surface area contributed by atoms with Gasteiger partial charge in [0.25, 0.3) is 16.8 Å². The highest BCUT2D eigenvalue weighted by atomic mass is 32.2. The fraction of sp³-hybridized carbons (Fsp3) is 0.111. The van der Waals surface area contributed by atoms with E-state index in [2.05, 4.69) is 16.7 Å². The van der Waals surface area contributed by atoms with Crippen LogP contribution in [0.3, 0.4) is 0 Å². The molecule has 36 heavy (non-hydrogen) atoms. The molecule has 1 saturated heterocycles. The van der Waals surface area contributed by atoms with Crippen LogP contribution in [0, 0.1) is 10.1 Å². The zero-order valence-corrected chi connectivity index (χ0v) is 19.9. The Kier molecular flexibility index (Phi) is 6.55. The smallest absolute Gasteiger partial charge is 0.293 e. The Morgan fingerprint density at radius 2 is 1.67 bits per heavy atom. The number of carbonyl (C=O) groups is 2. The standard InChI is InChI=1S/C27H21N3O5S/c31-26-25(36-27(32)29(26)14-15-35-22-12-10-21(11-13-22)30(33)34)16-20-18-28(17-19-6-2-1-3-7-19)24-9-5-4-8-23(20)24/h1-13,16,18H,14-15,17H2/b25-16-. The molecule has 1 aliphatic rings. The molecule has 4 aromatic rings. The average molecular weight is 500 g/mol. The number of ether oxygens (including phenoxy) is 1. The summed E-state index contributed by atoms with van der Waals surface area (Å²) in [4.78, 5) is 37.3. The fourth-order valence-electron chi connectivity index (χ4n) is 4.05. The molecule has 9 heteroatoms. The van der Waals surface area contributed by atoms with Crippen molar-refractivity contribution in [3.63, 3.8) is 0 Å². The Bertz CT molecular complexity index is 1480. The zero-order valence-electron chi connectivity index (χ0n) is 19.1. The van der Waals surface area contributed by atoms with E-state index in [1.54, 1.807) is 6.08 Å². The number of nitrogens with zero attached hydrogens (tertiary/aromatic N) is 3. The maximum absolute atomic E-state index is 13.0. The zero-order chi connectivity index (χ0) is 25.1. The fourth-order valence-corrected chi connectivity index (χ4v) is 4.91. The molecule has 0 saturated carbocycles. The van der Waals surface area contributed by atoms with E-state index in [-0.39, 0.29) is 30.0 Å². The van der Waals surface area contributed by atoms with Crippen LogP contribution in [0.15, 0.2) is 90.0 Å². The number of hydrogen-bond acceptors (Lipinski definition) is 6. The first-order valence-electron chi connectivity index (χ1n) is 11.2. The average Bonchev–Trinajstić information content (AvgIpc) is 3.36. The summed E-state index contributed by atoms with van der Waals surface area (Å²) in [5.74, 6) is 0.0616. The minimum absolute atomic E-state index is 0.0384. The third kappa shape index (κ3) is 4.87. The molecule has 0 spiro atoms. The normalized spacial score (nSPS) is 14.7. The number of carbonyl (C=O) groups excluding carboxylic acids is 2. The molecule has 1 aliphatic heterocycles. The number of fused-ring (bicyclic) bond motifs is 1. The summed E-state index contributed by atoms with van der Waals surface area (Å²) in [7, 11) is 0. The molecule has 0 atom stereocenters. The number of nitro benzene ring substituents is 1. The third-order valence-electron chi connectivity index (χ3n) is 5.81. The van der Waals surface area contributed by atoms with E-state index in [0.29, 0.717) is 17.2 Å². The van der Waals surface area contributed by atoms with Gasteiger partial charge in [-0.25, -0.2) is 0 Å². The number of thioether (sulfide) groups is 1. The first-order valence-corrected chi connectivity index (χ1v) is 12.1. The van der Waals surface area contributed by atoms with Gasteiger partial charge in [0, 0.05) is 41.3 Å². The molecule has 5 rings (SSSR count). The van der Waals surface area contributed by atoms with Crippen molar-refractivity contribution < 1.29 is 19.2 Å². The van der Waals surface area contributed by atoms with Gasteiger partial charge in [0.05, 0.1) is 16.4 Å². The Morgan fingerprint density at radius 3 is 2.42 bits per heavy atom. The molecule has 0 unspecified atom stereocenters. The number of rotatable bonds is 8. The van der Waals surface area contributed by atoms with Crippen LogP contribution in [0.1, 0.15) is 11.1 Å². The summed E-state index contributed by atoms with van der Waals surface area (Å²) in [6.07, 6.45) is 3.77. The molecule has 180 valence electrons. The van der Waals surface area contributed by atoms with Crippen molar-refractivity contribution in [3.8, 4) is 5.75 Å². The van der Waals surface area contributed by atoms with Gasteiger partial charge in [0.2, 0.25) is 0 Å². The molecule has 0 N–H and O–H groups in total. The lowest BCUT2D eigenvalue weighted by Gasteiger charge is -2.13. The van der Waals surface area contributed by atoms with Gasteiger partial charge in [0.1, 0.15) is 12.4 Å². The maximum atomic E-state index is 13.0. The minimum Gasteiger partial charge on any atom is -0.492 e. The highest BCUT2D eigenvalue weighted by Crippen LogP contribution is 2.34. The molecule has 0 aliphatic carbocycles. The van der Waals surface area contributed by atoms with Crippen molar-refractivity contribution in [1.29, 1.82) is 0 Å². The SMILES string of the molecule is O=C1S/C(=C\c2cn(Cc3ccccc3)c3ccccc23)C(=O)N1CCOc1ccc([N+](=O)[O-])cc1. The number of nitro groups is 1. The van der Waals surface area contributed by atoms with Crippen molar-refractivity contribution in [2.24, 2.45) is 0 Å². The quantitative estimate of drug-likeness (QED) is 0.175. The second-order valence-corrected chi connectivity index (χ2v) is 9.14. The van der Waals surface area contributed by atoms with E-state index in [1.807, 2.05) is 48.7 Å². The predicted molar refractivity (Wildman–Crippen MR) is 139 cm³/mol. The lowest BCUT2D eigenvalue weighted by Crippen LogP contribution is -2.32. The minimum atomic E-state index is -0.491. The number of non-ortho nitro benzene ring substituents is 1. The van der Waals surface area contributed by atoms with Gasteiger partial charge in [-0.05, 0) is 41.6 Å². The molecule has 0 bridgehead atoms. The largest absolute Gasteiger partial charge is 0.492 e. The van der Waals surface area contributed by atoms with Crippen LogP contribution in [-0.2, 0) is 11.3 Å². The molecule has 2 amide bonds. The van der Waals surface area contributed by atoms with E-state index in [1.165, 1.54) is 24.3 Å². The molecule has 0 radical (unpaired) electrons. The molecule has 8 nitrogen and oxygen atoms in total. The number of amides is 2. The number of para-hydroxylation sites is 1. The second kappa shape index (κ2) is 10.1. The summed E-state index contributed by atoms with van der Waals surface area (Å²) in [5.41, 5.74) is 3.04.